The molecule has 2 amide bonds. The second-order valence-corrected chi connectivity index (χ2v) is 4.05. The van der Waals surface area contributed by atoms with E-state index in [-0.39, 0.29) is 12.8 Å². The Morgan fingerprint density at radius 3 is 2.44 bits per heavy atom. The van der Waals surface area contributed by atoms with Crippen molar-refractivity contribution >= 4 is 17.8 Å². The highest BCUT2D eigenvalue weighted by molar-refractivity contribution is 5.95. The molecule has 0 spiro atoms. The molecule has 6 nitrogen and oxygen atoms in total. The molecule has 0 heterocycles. The summed E-state index contributed by atoms with van der Waals surface area (Å²) in [5, 5.41) is 11.3. The lowest BCUT2D eigenvalue weighted by Crippen LogP contribution is -2.41. The van der Waals surface area contributed by atoms with Crippen LogP contribution in [0.15, 0.2) is 11.6 Å². The standard InChI is InChI=1S/C12H20N2O4/c1-3-4-5-8(2)11(16)14-9(12(17)18)6-7-10(13)15/h5,9H,3-4,6-7H2,1-2H3,(H2,13,15)(H,14,16)(H,17,18)/t9-/m0/s1. The molecule has 0 radical (unpaired) electrons. The molecule has 0 aromatic rings. The molecule has 0 aromatic carbocycles. The van der Waals surface area contributed by atoms with Gasteiger partial charge < -0.3 is 16.2 Å². The van der Waals surface area contributed by atoms with E-state index in [4.69, 9.17) is 10.8 Å². The van der Waals surface area contributed by atoms with Crippen molar-refractivity contribution in [3.63, 3.8) is 0 Å². The number of carboxylic acid groups (broad SMARTS) is 1. The van der Waals surface area contributed by atoms with Crippen LogP contribution in [0.2, 0.25) is 0 Å². The van der Waals surface area contributed by atoms with Gasteiger partial charge in [-0.15, -0.1) is 0 Å². The third-order valence-corrected chi connectivity index (χ3v) is 2.38. The Balaban J connectivity index is 4.44. The Morgan fingerprint density at radius 2 is 2.00 bits per heavy atom. The van der Waals surface area contributed by atoms with Crippen LogP contribution in [0.1, 0.15) is 39.5 Å². The summed E-state index contributed by atoms with van der Waals surface area (Å²) in [6, 6.07) is -1.09. The summed E-state index contributed by atoms with van der Waals surface area (Å²) in [6.07, 6.45) is 3.35. The second-order valence-electron chi connectivity index (χ2n) is 4.05. The number of allylic oxidation sites excluding steroid dienone is 1. The number of amides is 2. The van der Waals surface area contributed by atoms with Crippen molar-refractivity contribution in [2.75, 3.05) is 0 Å². The van der Waals surface area contributed by atoms with E-state index in [1.54, 1.807) is 13.0 Å². The second kappa shape index (κ2) is 8.27. The van der Waals surface area contributed by atoms with Gasteiger partial charge in [-0.05, 0) is 19.8 Å². The van der Waals surface area contributed by atoms with Gasteiger partial charge in [-0.3, -0.25) is 9.59 Å². The number of hydrogen-bond acceptors (Lipinski definition) is 3. The summed E-state index contributed by atoms with van der Waals surface area (Å²) in [5.41, 5.74) is 5.42. The normalized spacial score (nSPS) is 12.9. The highest BCUT2D eigenvalue weighted by Crippen LogP contribution is 2.02. The van der Waals surface area contributed by atoms with Crippen LogP contribution in [0.5, 0.6) is 0 Å². The minimum absolute atomic E-state index is 0.00252. The molecule has 102 valence electrons. The van der Waals surface area contributed by atoms with Gasteiger partial charge in [-0.25, -0.2) is 4.79 Å². The lowest BCUT2D eigenvalue weighted by molar-refractivity contribution is -0.141. The van der Waals surface area contributed by atoms with Crippen LogP contribution < -0.4 is 11.1 Å². The van der Waals surface area contributed by atoms with E-state index in [0.717, 1.165) is 12.8 Å². The van der Waals surface area contributed by atoms with Crippen molar-refractivity contribution in [3.05, 3.63) is 11.6 Å². The largest absolute Gasteiger partial charge is 0.480 e. The molecule has 0 fully saturated rings. The molecule has 0 rings (SSSR count). The number of primary amides is 1. The molecule has 0 bridgehead atoms. The molecule has 0 unspecified atom stereocenters. The van der Waals surface area contributed by atoms with E-state index in [9.17, 15) is 14.4 Å². The zero-order chi connectivity index (χ0) is 14.1. The molecular formula is C12H20N2O4. The average molecular weight is 256 g/mol. The third-order valence-electron chi connectivity index (χ3n) is 2.38. The third kappa shape index (κ3) is 6.67. The molecule has 4 N–H and O–H groups in total. The zero-order valence-electron chi connectivity index (χ0n) is 10.7. The molecule has 0 saturated heterocycles. The molecule has 6 heteroatoms. The van der Waals surface area contributed by atoms with Gasteiger partial charge in [0.05, 0.1) is 0 Å². The number of rotatable bonds is 8. The maximum atomic E-state index is 11.6. The topological polar surface area (TPSA) is 109 Å². The summed E-state index contributed by atoms with van der Waals surface area (Å²) < 4.78 is 0. The Hall–Kier alpha value is -1.85. The van der Waals surface area contributed by atoms with Crippen molar-refractivity contribution in [2.45, 2.75) is 45.6 Å². The highest BCUT2D eigenvalue weighted by atomic mass is 16.4. The average Bonchev–Trinajstić information content (AvgIpc) is 2.30. The summed E-state index contributed by atoms with van der Waals surface area (Å²) in [5.74, 6) is -2.19. The lowest BCUT2D eigenvalue weighted by Gasteiger charge is -2.13. The maximum Gasteiger partial charge on any atom is 0.326 e. The van der Waals surface area contributed by atoms with E-state index < -0.39 is 23.8 Å². The number of unbranched alkanes of at least 4 members (excludes halogenated alkanes) is 1. The Morgan fingerprint density at radius 1 is 1.39 bits per heavy atom. The predicted octanol–water partition coefficient (Wildman–Crippen LogP) is 0.568. The fourth-order valence-corrected chi connectivity index (χ4v) is 1.27. The first-order chi connectivity index (χ1) is 8.38. The minimum Gasteiger partial charge on any atom is -0.480 e. The van der Waals surface area contributed by atoms with Crippen molar-refractivity contribution in [1.29, 1.82) is 0 Å². The summed E-state index contributed by atoms with van der Waals surface area (Å²) >= 11 is 0. The monoisotopic (exact) mass is 256 g/mol. The number of hydrogen-bond donors (Lipinski definition) is 3. The summed E-state index contributed by atoms with van der Waals surface area (Å²) in [7, 11) is 0. The zero-order valence-corrected chi connectivity index (χ0v) is 10.7. The van der Waals surface area contributed by atoms with E-state index in [1.807, 2.05) is 6.92 Å². The Labute approximate surface area is 106 Å². The van der Waals surface area contributed by atoms with Gasteiger partial charge in [0.2, 0.25) is 11.8 Å². The number of carbonyl (C=O) groups is 3. The summed E-state index contributed by atoms with van der Waals surface area (Å²) in [4.78, 5) is 33.1. The van der Waals surface area contributed by atoms with Crippen molar-refractivity contribution in [1.82, 2.24) is 5.32 Å². The van der Waals surface area contributed by atoms with Crippen LogP contribution in [0, 0.1) is 0 Å². The van der Waals surface area contributed by atoms with Gasteiger partial charge >= 0.3 is 5.97 Å². The molecule has 18 heavy (non-hydrogen) atoms. The minimum atomic E-state index is -1.17. The Kier molecular flexibility index (Phi) is 7.42. The van der Waals surface area contributed by atoms with Crippen molar-refractivity contribution in [3.8, 4) is 0 Å². The lowest BCUT2D eigenvalue weighted by atomic mass is 10.1. The number of carboxylic acids is 1. The highest BCUT2D eigenvalue weighted by Gasteiger charge is 2.20. The van der Waals surface area contributed by atoms with E-state index >= 15 is 0 Å². The first-order valence-electron chi connectivity index (χ1n) is 5.87. The van der Waals surface area contributed by atoms with E-state index in [0.29, 0.717) is 5.57 Å². The molecule has 0 aliphatic heterocycles. The molecule has 0 aromatic heterocycles. The van der Waals surface area contributed by atoms with Gasteiger partial charge in [0.15, 0.2) is 0 Å². The first-order valence-corrected chi connectivity index (χ1v) is 5.87. The SMILES string of the molecule is CCCC=C(C)C(=O)N[C@@H](CCC(N)=O)C(=O)O. The van der Waals surface area contributed by atoms with Crippen molar-refractivity contribution in [2.24, 2.45) is 5.73 Å². The maximum absolute atomic E-state index is 11.6. The molecule has 0 saturated carbocycles. The molecule has 0 aliphatic rings. The molecule has 1 atom stereocenters. The van der Waals surface area contributed by atoms with E-state index in [2.05, 4.69) is 5.32 Å². The first kappa shape index (κ1) is 16.1. The van der Waals surface area contributed by atoms with Gasteiger partial charge in [0.1, 0.15) is 6.04 Å². The number of carbonyl (C=O) groups excluding carboxylic acids is 2. The van der Waals surface area contributed by atoms with E-state index in [1.165, 1.54) is 0 Å². The quantitative estimate of drug-likeness (QED) is 0.551. The van der Waals surface area contributed by atoms with Crippen LogP contribution in [0.4, 0.5) is 0 Å². The summed E-state index contributed by atoms with van der Waals surface area (Å²) in [6.45, 7) is 3.60. The fourth-order valence-electron chi connectivity index (χ4n) is 1.27. The smallest absolute Gasteiger partial charge is 0.326 e. The molecule has 0 aliphatic carbocycles. The number of aliphatic carboxylic acids is 1. The van der Waals surface area contributed by atoms with Crippen LogP contribution in [-0.4, -0.2) is 28.9 Å². The van der Waals surface area contributed by atoms with Crippen molar-refractivity contribution < 1.29 is 19.5 Å². The van der Waals surface area contributed by atoms with Crippen LogP contribution in [0.25, 0.3) is 0 Å². The van der Waals surface area contributed by atoms with Gasteiger partial charge in [-0.2, -0.15) is 0 Å². The van der Waals surface area contributed by atoms with Crippen LogP contribution >= 0.6 is 0 Å². The predicted molar refractivity (Wildman–Crippen MR) is 66.7 cm³/mol. The Bertz CT molecular complexity index is 350. The molecular weight excluding hydrogens is 236 g/mol. The number of nitrogens with two attached hydrogens (primary N) is 1. The van der Waals surface area contributed by atoms with Gasteiger partial charge in [0.25, 0.3) is 0 Å². The van der Waals surface area contributed by atoms with Gasteiger partial charge in [0, 0.05) is 12.0 Å². The van der Waals surface area contributed by atoms with Crippen LogP contribution in [-0.2, 0) is 14.4 Å². The van der Waals surface area contributed by atoms with Gasteiger partial charge in [-0.1, -0.05) is 19.4 Å². The fraction of sp³-hybridized carbons (Fsp3) is 0.583. The number of nitrogens with one attached hydrogen (secondary N) is 1. The van der Waals surface area contributed by atoms with Crippen LogP contribution in [0.3, 0.4) is 0 Å².